The van der Waals surface area contributed by atoms with Gasteiger partial charge in [0.15, 0.2) is 15.0 Å². The van der Waals surface area contributed by atoms with Crippen molar-refractivity contribution in [2.75, 3.05) is 18.0 Å². The lowest BCUT2D eigenvalue weighted by atomic mass is 10.1. The van der Waals surface area contributed by atoms with Crippen molar-refractivity contribution in [2.45, 2.75) is 28.3 Å². The Morgan fingerprint density at radius 3 is 2.50 bits per heavy atom. The second-order valence-electron chi connectivity index (χ2n) is 7.18. The van der Waals surface area contributed by atoms with Crippen LogP contribution in [0.15, 0.2) is 52.7 Å². The van der Waals surface area contributed by atoms with Gasteiger partial charge in [0.25, 0.3) is 0 Å². The van der Waals surface area contributed by atoms with Gasteiger partial charge in [-0.3, -0.25) is 0 Å². The summed E-state index contributed by atoms with van der Waals surface area (Å²) in [5, 5.41) is 3.31. The Morgan fingerprint density at radius 2 is 1.87 bits per heavy atom. The number of rotatable bonds is 5. The lowest BCUT2D eigenvalue weighted by molar-refractivity contribution is 0.529. The highest BCUT2D eigenvalue weighted by atomic mass is 79.9. The van der Waals surface area contributed by atoms with Crippen molar-refractivity contribution in [3.05, 3.63) is 64.2 Å². The number of hydrogen-bond donors (Lipinski definition) is 0. The van der Waals surface area contributed by atoms with Crippen molar-refractivity contribution in [2.24, 2.45) is 0 Å². The molecule has 1 aliphatic rings. The van der Waals surface area contributed by atoms with Crippen LogP contribution >= 0.6 is 38.9 Å². The van der Waals surface area contributed by atoms with Crippen LogP contribution in [0.2, 0.25) is 5.02 Å². The number of alkyl halides is 1. The molecule has 0 N–H and O–H groups in total. The molecule has 0 spiro atoms. The van der Waals surface area contributed by atoms with Crippen LogP contribution in [-0.2, 0) is 15.2 Å². The summed E-state index contributed by atoms with van der Waals surface area (Å²) in [5.41, 5.74) is 2.34. The van der Waals surface area contributed by atoms with E-state index in [0.717, 1.165) is 10.7 Å². The molecule has 9 heteroatoms. The zero-order valence-corrected chi connectivity index (χ0v) is 19.9. The summed E-state index contributed by atoms with van der Waals surface area (Å²) in [7, 11) is -3.36. The maximum Gasteiger partial charge on any atom is 0.185 e. The third-order valence-corrected chi connectivity index (χ3v) is 9.25. The van der Waals surface area contributed by atoms with Crippen LogP contribution in [0.25, 0.3) is 11.3 Å². The van der Waals surface area contributed by atoms with Gasteiger partial charge in [0.05, 0.1) is 15.8 Å². The molecule has 0 radical (unpaired) electrons. The van der Waals surface area contributed by atoms with Crippen LogP contribution in [0.3, 0.4) is 0 Å². The Balaban J connectivity index is 1.45. The third-order valence-electron chi connectivity index (χ3n) is 5.21. The van der Waals surface area contributed by atoms with E-state index in [0.29, 0.717) is 52.4 Å². The van der Waals surface area contributed by atoms with Gasteiger partial charge in [0.1, 0.15) is 5.82 Å². The summed E-state index contributed by atoms with van der Waals surface area (Å²) >= 11 is 10.8. The number of piperidine rings is 1. The minimum atomic E-state index is -3.36. The largest absolute Gasteiger partial charge is 0.348 e. The van der Waals surface area contributed by atoms with Gasteiger partial charge in [-0.15, -0.1) is 11.3 Å². The topological polar surface area (TPSA) is 50.3 Å². The van der Waals surface area contributed by atoms with E-state index in [1.54, 1.807) is 18.2 Å². The Morgan fingerprint density at radius 1 is 1.17 bits per heavy atom. The van der Waals surface area contributed by atoms with E-state index >= 15 is 0 Å². The van der Waals surface area contributed by atoms with Crippen LogP contribution in [0.1, 0.15) is 18.4 Å². The SMILES string of the molecule is O=S(=O)(c1ccc(CBr)cc1)C1CCN(c2nc(-c3cc(F)cc(Cl)c3)cs2)CC1. The standard InChI is InChI=1S/C21H19BrClFN2O2S2/c22-12-14-1-3-18(4-2-14)30(27,28)19-5-7-26(8-6-19)21-25-20(13-29-21)15-9-16(23)11-17(24)10-15/h1-4,9-11,13,19H,5-8,12H2. The fourth-order valence-corrected chi connectivity index (χ4v) is 6.78. The average molecular weight is 530 g/mol. The van der Waals surface area contributed by atoms with E-state index in [-0.39, 0.29) is 0 Å². The number of anilines is 1. The third kappa shape index (κ3) is 4.56. The molecule has 158 valence electrons. The van der Waals surface area contributed by atoms with Crippen LogP contribution in [0, 0.1) is 5.82 Å². The van der Waals surface area contributed by atoms with E-state index in [4.69, 9.17) is 11.6 Å². The van der Waals surface area contributed by atoms with Crippen LogP contribution in [-0.4, -0.2) is 31.7 Å². The van der Waals surface area contributed by atoms with Crippen LogP contribution in [0.4, 0.5) is 9.52 Å². The zero-order valence-electron chi connectivity index (χ0n) is 15.9. The highest BCUT2D eigenvalue weighted by Gasteiger charge is 2.32. The normalized spacial score (nSPS) is 15.5. The van der Waals surface area contributed by atoms with Gasteiger partial charge in [0.2, 0.25) is 0 Å². The lowest BCUT2D eigenvalue weighted by Gasteiger charge is -2.31. The van der Waals surface area contributed by atoms with Crippen molar-refractivity contribution >= 4 is 53.8 Å². The highest BCUT2D eigenvalue weighted by Crippen LogP contribution is 2.33. The molecule has 30 heavy (non-hydrogen) atoms. The molecule has 0 saturated carbocycles. The predicted octanol–water partition coefficient (Wildman–Crippen LogP) is 5.94. The van der Waals surface area contributed by atoms with Crippen LogP contribution < -0.4 is 4.90 Å². The second-order valence-corrected chi connectivity index (χ2v) is 11.2. The fourth-order valence-electron chi connectivity index (χ4n) is 3.56. The minimum Gasteiger partial charge on any atom is -0.348 e. The van der Waals surface area contributed by atoms with Gasteiger partial charge in [-0.2, -0.15) is 0 Å². The first-order chi connectivity index (χ1) is 14.4. The summed E-state index contributed by atoms with van der Waals surface area (Å²) in [6.07, 6.45) is 1.09. The van der Waals surface area contributed by atoms with Gasteiger partial charge >= 0.3 is 0 Å². The second kappa shape index (κ2) is 8.94. The Kier molecular flexibility index (Phi) is 6.48. The summed E-state index contributed by atoms with van der Waals surface area (Å²) < 4.78 is 39.6. The monoisotopic (exact) mass is 528 g/mol. The molecule has 2 aromatic carbocycles. The number of nitrogens with zero attached hydrogens (tertiary/aromatic N) is 2. The number of hydrogen-bond acceptors (Lipinski definition) is 5. The molecule has 1 aromatic heterocycles. The molecule has 1 saturated heterocycles. The van der Waals surface area contributed by atoms with Gasteiger partial charge in [-0.1, -0.05) is 39.7 Å². The molecule has 2 heterocycles. The van der Waals surface area contributed by atoms with Gasteiger partial charge in [-0.05, 0) is 48.7 Å². The molecule has 4 nitrogen and oxygen atoms in total. The lowest BCUT2D eigenvalue weighted by Crippen LogP contribution is -2.39. The average Bonchev–Trinajstić information content (AvgIpc) is 3.23. The maximum absolute atomic E-state index is 13.6. The molecule has 0 unspecified atom stereocenters. The number of aromatic nitrogens is 1. The Hall–Kier alpha value is -1.48. The zero-order chi connectivity index (χ0) is 21.3. The van der Waals surface area contributed by atoms with Crippen molar-refractivity contribution in [3.63, 3.8) is 0 Å². The smallest absolute Gasteiger partial charge is 0.185 e. The van der Waals surface area contributed by atoms with Crippen molar-refractivity contribution in [1.29, 1.82) is 0 Å². The molecular weight excluding hydrogens is 511 g/mol. The molecule has 1 fully saturated rings. The molecule has 0 atom stereocenters. The summed E-state index contributed by atoms with van der Waals surface area (Å²) in [6, 6.07) is 11.4. The molecule has 0 aliphatic carbocycles. The summed E-state index contributed by atoms with van der Waals surface area (Å²) in [5.74, 6) is -0.401. The quantitative estimate of drug-likeness (QED) is 0.384. The first kappa shape index (κ1) is 21.7. The fraction of sp³-hybridized carbons (Fsp3) is 0.286. The molecule has 0 bridgehead atoms. The maximum atomic E-state index is 13.6. The molecular formula is C21H19BrClFN2O2S2. The minimum absolute atomic E-state index is 0.328. The Bertz CT molecular complexity index is 1120. The molecule has 1 aliphatic heterocycles. The molecule has 0 amide bonds. The highest BCUT2D eigenvalue weighted by molar-refractivity contribution is 9.08. The van der Waals surface area contributed by atoms with Gasteiger partial charge < -0.3 is 4.90 Å². The first-order valence-electron chi connectivity index (χ1n) is 9.42. The van der Waals surface area contributed by atoms with Crippen LogP contribution in [0.5, 0.6) is 0 Å². The number of sulfone groups is 1. The Labute approximate surface area is 192 Å². The molecule has 4 rings (SSSR count). The van der Waals surface area contributed by atoms with Crippen molar-refractivity contribution in [1.82, 2.24) is 4.98 Å². The molecule has 3 aromatic rings. The predicted molar refractivity (Wildman–Crippen MR) is 124 cm³/mol. The van der Waals surface area contributed by atoms with Crippen molar-refractivity contribution < 1.29 is 12.8 Å². The van der Waals surface area contributed by atoms with E-state index in [9.17, 15) is 12.8 Å². The van der Waals surface area contributed by atoms with E-state index < -0.39 is 20.9 Å². The number of thiazole rings is 1. The first-order valence-corrected chi connectivity index (χ1v) is 13.3. The number of benzene rings is 2. The van der Waals surface area contributed by atoms with E-state index in [1.165, 1.54) is 23.5 Å². The van der Waals surface area contributed by atoms with Crippen molar-refractivity contribution in [3.8, 4) is 11.3 Å². The van der Waals surface area contributed by atoms with E-state index in [1.807, 2.05) is 17.5 Å². The summed E-state index contributed by atoms with van der Waals surface area (Å²) in [4.78, 5) is 7.09. The van der Waals surface area contributed by atoms with Gasteiger partial charge in [-0.25, -0.2) is 17.8 Å². The van der Waals surface area contributed by atoms with E-state index in [2.05, 4.69) is 25.8 Å². The number of halogens is 3. The van der Waals surface area contributed by atoms with Gasteiger partial charge in [0, 0.05) is 34.4 Å². The summed E-state index contributed by atoms with van der Waals surface area (Å²) in [6.45, 7) is 1.22.